The minimum absolute atomic E-state index is 0.511. The number of nitriles is 1. The van der Waals surface area contributed by atoms with Gasteiger partial charge >= 0.3 is 0 Å². The highest BCUT2D eigenvalue weighted by atomic mass is 16.3. The first kappa shape index (κ1) is 10.5. The van der Waals surface area contributed by atoms with Crippen molar-refractivity contribution in [3.05, 3.63) is 29.9 Å². The summed E-state index contributed by atoms with van der Waals surface area (Å²) in [5.74, 6) is 0. The van der Waals surface area contributed by atoms with Crippen molar-refractivity contribution in [2.45, 2.75) is 26.2 Å². The zero-order valence-corrected chi connectivity index (χ0v) is 9.16. The zero-order chi connectivity index (χ0) is 11.4. The van der Waals surface area contributed by atoms with Crippen LogP contribution in [0.1, 0.15) is 24.6 Å². The van der Waals surface area contributed by atoms with E-state index in [1.54, 1.807) is 12.5 Å². The van der Waals surface area contributed by atoms with Crippen LogP contribution < -0.4 is 0 Å². The van der Waals surface area contributed by atoms with Crippen molar-refractivity contribution in [2.24, 2.45) is 0 Å². The third kappa shape index (κ3) is 1.84. The summed E-state index contributed by atoms with van der Waals surface area (Å²) in [5, 5.41) is 16.0. The van der Waals surface area contributed by atoms with Gasteiger partial charge in [0.25, 0.3) is 0 Å². The predicted octanol–water partition coefficient (Wildman–Crippen LogP) is 2.69. The molecular formula is C12H13N3O. The van der Waals surface area contributed by atoms with Crippen molar-refractivity contribution in [1.29, 1.82) is 5.26 Å². The van der Waals surface area contributed by atoms with E-state index in [1.165, 1.54) is 0 Å². The Morgan fingerprint density at radius 1 is 1.56 bits per heavy atom. The quantitative estimate of drug-likeness (QED) is 0.852. The second-order valence-corrected chi connectivity index (χ2v) is 3.55. The second kappa shape index (κ2) is 4.67. The van der Waals surface area contributed by atoms with Gasteiger partial charge in [-0.15, -0.1) is 0 Å². The Kier molecular flexibility index (Phi) is 3.06. The number of nitrogens with one attached hydrogen (secondary N) is 1. The molecule has 0 unspecified atom stereocenters. The monoisotopic (exact) mass is 215 g/mol. The van der Waals surface area contributed by atoms with Crippen molar-refractivity contribution in [2.75, 3.05) is 0 Å². The number of H-pyrrole nitrogens is 1. The highest BCUT2D eigenvalue weighted by Crippen LogP contribution is 2.25. The van der Waals surface area contributed by atoms with E-state index in [9.17, 15) is 0 Å². The van der Waals surface area contributed by atoms with Gasteiger partial charge in [-0.05, 0) is 18.9 Å². The molecular weight excluding hydrogens is 202 g/mol. The normalized spacial score (nSPS) is 10.2. The first-order valence-electron chi connectivity index (χ1n) is 5.32. The molecule has 0 amide bonds. The maximum absolute atomic E-state index is 8.65. The third-order valence-electron chi connectivity index (χ3n) is 2.59. The average molecular weight is 215 g/mol. The van der Waals surface area contributed by atoms with Gasteiger partial charge < -0.3 is 4.42 Å². The van der Waals surface area contributed by atoms with E-state index in [-0.39, 0.29) is 0 Å². The Labute approximate surface area is 93.9 Å². The Morgan fingerprint density at radius 3 is 3.06 bits per heavy atom. The van der Waals surface area contributed by atoms with E-state index < -0.39 is 0 Å². The van der Waals surface area contributed by atoms with Gasteiger partial charge in [-0.25, -0.2) is 0 Å². The van der Waals surface area contributed by atoms with Crippen LogP contribution in [0.4, 0.5) is 0 Å². The van der Waals surface area contributed by atoms with Crippen molar-refractivity contribution in [3.8, 4) is 17.3 Å². The highest BCUT2D eigenvalue weighted by Gasteiger charge is 2.13. The predicted molar refractivity (Wildman–Crippen MR) is 59.6 cm³/mol. The lowest BCUT2D eigenvalue weighted by atomic mass is 10.0. The molecule has 1 N–H and O–H groups in total. The molecule has 0 radical (unpaired) electrons. The van der Waals surface area contributed by atoms with Crippen LogP contribution in [-0.2, 0) is 12.8 Å². The van der Waals surface area contributed by atoms with Gasteiger partial charge in [0.1, 0.15) is 0 Å². The minimum atomic E-state index is 0.511. The number of aryl methyl sites for hydroxylation is 1. The molecule has 2 heterocycles. The summed E-state index contributed by atoms with van der Waals surface area (Å²) in [6.45, 7) is 2.07. The highest BCUT2D eigenvalue weighted by molar-refractivity contribution is 5.62. The SMILES string of the molecule is CCc1[nH]nc(-c2ccoc2)c1CCC#N. The minimum Gasteiger partial charge on any atom is -0.472 e. The topological polar surface area (TPSA) is 65.6 Å². The molecule has 16 heavy (non-hydrogen) atoms. The Balaban J connectivity index is 2.38. The molecule has 0 aromatic carbocycles. The number of hydrogen-bond acceptors (Lipinski definition) is 3. The number of hydrogen-bond donors (Lipinski definition) is 1. The first-order valence-corrected chi connectivity index (χ1v) is 5.32. The molecule has 0 fully saturated rings. The lowest BCUT2D eigenvalue weighted by molar-refractivity contribution is 0.568. The van der Waals surface area contributed by atoms with Gasteiger partial charge in [0, 0.05) is 23.2 Å². The van der Waals surface area contributed by atoms with Crippen LogP contribution >= 0.6 is 0 Å². The molecule has 0 spiro atoms. The van der Waals surface area contributed by atoms with Gasteiger partial charge in [-0.1, -0.05) is 6.92 Å². The molecule has 0 saturated carbocycles. The lowest BCUT2D eigenvalue weighted by Gasteiger charge is -1.99. The number of nitrogens with zero attached hydrogens (tertiary/aromatic N) is 2. The average Bonchev–Trinajstić information content (AvgIpc) is 2.94. The Morgan fingerprint density at radius 2 is 2.44 bits per heavy atom. The lowest BCUT2D eigenvalue weighted by Crippen LogP contribution is -1.91. The second-order valence-electron chi connectivity index (χ2n) is 3.55. The molecule has 0 aliphatic heterocycles. The first-order chi connectivity index (χ1) is 7.86. The van der Waals surface area contributed by atoms with Gasteiger partial charge in [0.15, 0.2) is 0 Å². The van der Waals surface area contributed by atoms with E-state index in [0.717, 1.165) is 35.4 Å². The van der Waals surface area contributed by atoms with Gasteiger partial charge in [0.2, 0.25) is 0 Å². The molecule has 2 rings (SSSR count). The molecule has 4 nitrogen and oxygen atoms in total. The van der Waals surface area contributed by atoms with Crippen molar-refractivity contribution >= 4 is 0 Å². The van der Waals surface area contributed by atoms with Crippen molar-refractivity contribution < 1.29 is 4.42 Å². The van der Waals surface area contributed by atoms with E-state index in [0.29, 0.717) is 6.42 Å². The van der Waals surface area contributed by atoms with E-state index in [1.807, 2.05) is 6.07 Å². The number of rotatable bonds is 4. The summed E-state index contributed by atoms with van der Waals surface area (Å²) in [6.07, 6.45) is 5.44. The standard InChI is InChI=1S/C12H13N3O/c1-2-11-10(4-3-6-13)12(15-14-11)9-5-7-16-8-9/h5,7-8H,2-4H2,1H3,(H,14,15). The van der Waals surface area contributed by atoms with E-state index in [4.69, 9.17) is 9.68 Å². The van der Waals surface area contributed by atoms with E-state index >= 15 is 0 Å². The maximum atomic E-state index is 8.65. The molecule has 0 saturated heterocycles. The largest absolute Gasteiger partial charge is 0.472 e. The van der Waals surface area contributed by atoms with Gasteiger partial charge in [-0.3, -0.25) is 5.10 Å². The fourth-order valence-corrected chi connectivity index (χ4v) is 1.78. The van der Waals surface area contributed by atoms with Crippen molar-refractivity contribution in [3.63, 3.8) is 0 Å². The Hall–Kier alpha value is -2.02. The molecule has 0 bridgehead atoms. The fraction of sp³-hybridized carbons (Fsp3) is 0.333. The third-order valence-corrected chi connectivity index (χ3v) is 2.59. The zero-order valence-electron chi connectivity index (χ0n) is 9.16. The van der Waals surface area contributed by atoms with E-state index in [2.05, 4.69) is 23.2 Å². The molecule has 0 aliphatic carbocycles. The number of aromatic nitrogens is 2. The molecule has 82 valence electrons. The summed E-state index contributed by atoms with van der Waals surface area (Å²) in [7, 11) is 0. The molecule has 4 heteroatoms. The van der Waals surface area contributed by atoms with Crippen LogP contribution in [0.15, 0.2) is 23.0 Å². The van der Waals surface area contributed by atoms with Crippen LogP contribution in [0.5, 0.6) is 0 Å². The summed E-state index contributed by atoms with van der Waals surface area (Å²) in [6, 6.07) is 4.05. The number of aromatic amines is 1. The Bertz CT molecular complexity index is 491. The van der Waals surface area contributed by atoms with Gasteiger partial charge in [-0.2, -0.15) is 10.4 Å². The summed E-state index contributed by atoms with van der Waals surface area (Å²) in [4.78, 5) is 0. The van der Waals surface area contributed by atoms with Gasteiger partial charge in [0.05, 0.1) is 24.3 Å². The number of furan rings is 1. The molecule has 2 aromatic heterocycles. The van der Waals surface area contributed by atoms with Crippen LogP contribution in [-0.4, -0.2) is 10.2 Å². The van der Waals surface area contributed by atoms with Crippen LogP contribution in [0.3, 0.4) is 0 Å². The summed E-state index contributed by atoms with van der Waals surface area (Å²) in [5.41, 5.74) is 4.10. The fourth-order valence-electron chi connectivity index (χ4n) is 1.78. The molecule has 2 aromatic rings. The maximum Gasteiger partial charge on any atom is 0.0997 e. The summed E-state index contributed by atoms with van der Waals surface area (Å²) < 4.78 is 5.05. The van der Waals surface area contributed by atoms with Crippen LogP contribution in [0.2, 0.25) is 0 Å². The smallest absolute Gasteiger partial charge is 0.0997 e. The molecule has 0 atom stereocenters. The van der Waals surface area contributed by atoms with Crippen molar-refractivity contribution in [1.82, 2.24) is 10.2 Å². The molecule has 0 aliphatic rings. The summed E-state index contributed by atoms with van der Waals surface area (Å²) >= 11 is 0. The van der Waals surface area contributed by atoms with Crippen LogP contribution in [0.25, 0.3) is 11.3 Å². The van der Waals surface area contributed by atoms with Crippen LogP contribution in [0, 0.1) is 11.3 Å².